The molecular weight excluding hydrogens is 196 g/mol. The van der Waals surface area contributed by atoms with Crippen LogP contribution in [0.5, 0.6) is 0 Å². The summed E-state index contributed by atoms with van der Waals surface area (Å²) in [5, 5.41) is 14.5. The van der Waals surface area contributed by atoms with Crippen LogP contribution in [-0.2, 0) is 6.54 Å². The highest BCUT2D eigenvalue weighted by Crippen LogP contribution is 2.19. The van der Waals surface area contributed by atoms with Crippen LogP contribution in [0.4, 0.5) is 5.69 Å². The molecule has 1 unspecified atom stereocenters. The van der Waals surface area contributed by atoms with Crippen molar-refractivity contribution in [1.29, 1.82) is 0 Å². The van der Waals surface area contributed by atoms with E-state index in [1.165, 1.54) is 0 Å². The predicted octanol–water partition coefficient (Wildman–Crippen LogP) is 1.58. The van der Waals surface area contributed by atoms with Crippen molar-refractivity contribution in [3.8, 4) is 0 Å². The maximum absolute atomic E-state index is 9.19. The van der Waals surface area contributed by atoms with Gasteiger partial charge in [-0.1, -0.05) is 6.92 Å². The first-order chi connectivity index (χ1) is 6.61. The molecule has 1 heterocycles. The molecule has 0 fully saturated rings. The predicted molar refractivity (Wildman–Crippen MR) is 61.4 cm³/mol. The Kier molecular flexibility index (Phi) is 3.92. The lowest BCUT2D eigenvalue weighted by molar-refractivity contribution is 0.169. The van der Waals surface area contributed by atoms with Crippen molar-refractivity contribution in [3.05, 3.63) is 16.3 Å². The molecule has 0 saturated carbocycles. The van der Waals surface area contributed by atoms with Crippen molar-refractivity contribution in [2.75, 3.05) is 12.3 Å². The second-order valence-electron chi connectivity index (χ2n) is 3.72. The Morgan fingerprint density at radius 3 is 2.79 bits per heavy atom. The van der Waals surface area contributed by atoms with Crippen molar-refractivity contribution >= 4 is 17.0 Å². The molecule has 0 aliphatic carbocycles. The zero-order valence-electron chi connectivity index (χ0n) is 8.71. The van der Waals surface area contributed by atoms with Crippen LogP contribution in [0.1, 0.15) is 25.1 Å². The minimum Gasteiger partial charge on any atom is -0.398 e. The molecular formula is C10H18N2OS. The third-order valence-electron chi connectivity index (χ3n) is 2.58. The number of hydrogen-bond acceptors (Lipinski definition) is 4. The van der Waals surface area contributed by atoms with E-state index in [9.17, 15) is 5.11 Å². The number of rotatable bonds is 5. The van der Waals surface area contributed by atoms with E-state index in [2.05, 4.69) is 12.2 Å². The van der Waals surface area contributed by atoms with Gasteiger partial charge in [-0.05, 0) is 24.8 Å². The highest BCUT2D eigenvalue weighted by Gasteiger charge is 2.20. The van der Waals surface area contributed by atoms with Crippen LogP contribution in [0.15, 0.2) is 11.4 Å². The Morgan fingerprint density at radius 1 is 1.64 bits per heavy atom. The van der Waals surface area contributed by atoms with Crippen LogP contribution in [0.3, 0.4) is 0 Å². The molecule has 14 heavy (non-hydrogen) atoms. The lowest BCUT2D eigenvalue weighted by atomic mass is 10.0. The third kappa shape index (κ3) is 2.70. The normalized spacial score (nSPS) is 15.4. The Morgan fingerprint density at radius 2 is 2.36 bits per heavy atom. The molecule has 0 amide bonds. The number of thiophene rings is 1. The summed E-state index contributed by atoms with van der Waals surface area (Å²) >= 11 is 1.64. The van der Waals surface area contributed by atoms with Gasteiger partial charge >= 0.3 is 0 Å². The molecule has 1 atom stereocenters. The maximum Gasteiger partial charge on any atom is 0.0610 e. The standard InChI is InChI=1S/C10H18N2OS/c1-3-10(2,7-13)12-6-9-8(11)4-5-14-9/h4-5,12-13H,3,6-7,11H2,1-2H3. The molecule has 0 aliphatic rings. The van der Waals surface area contributed by atoms with Crippen LogP contribution in [-0.4, -0.2) is 17.3 Å². The lowest BCUT2D eigenvalue weighted by Crippen LogP contribution is -2.44. The summed E-state index contributed by atoms with van der Waals surface area (Å²) in [4.78, 5) is 1.14. The van der Waals surface area contributed by atoms with Gasteiger partial charge in [0.25, 0.3) is 0 Å². The smallest absolute Gasteiger partial charge is 0.0610 e. The topological polar surface area (TPSA) is 58.3 Å². The summed E-state index contributed by atoms with van der Waals surface area (Å²) in [6.45, 7) is 4.95. The largest absolute Gasteiger partial charge is 0.398 e. The van der Waals surface area contributed by atoms with Crippen LogP contribution in [0.25, 0.3) is 0 Å². The number of nitrogen functional groups attached to an aromatic ring is 1. The molecule has 0 aromatic carbocycles. The number of hydrogen-bond donors (Lipinski definition) is 3. The zero-order chi connectivity index (χ0) is 10.6. The van der Waals surface area contributed by atoms with Crippen molar-refractivity contribution in [2.45, 2.75) is 32.4 Å². The van der Waals surface area contributed by atoms with Crippen LogP contribution in [0, 0.1) is 0 Å². The Bertz CT molecular complexity index is 281. The summed E-state index contributed by atoms with van der Waals surface area (Å²) in [5.41, 5.74) is 6.40. The summed E-state index contributed by atoms with van der Waals surface area (Å²) in [6, 6.07) is 1.91. The first-order valence-corrected chi connectivity index (χ1v) is 5.67. The molecule has 1 rings (SSSR count). The van der Waals surface area contributed by atoms with Gasteiger partial charge in [-0.2, -0.15) is 0 Å². The van der Waals surface area contributed by atoms with Crippen LogP contribution in [0.2, 0.25) is 0 Å². The number of nitrogens with two attached hydrogens (primary N) is 1. The van der Waals surface area contributed by atoms with Gasteiger partial charge in [0.15, 0.2) is 0 Å². The fraction of sp³-hybridized carbons (Fsp3) is 0.600. The van der Waals surface area contributed by atoms with Gasteiger partial charge in [0.1, 0.15) is 0 Å². The summed E-state index contributed by atoms with van der Waals surface area (Å²) in [6.07, 6.45) is 0.898. The average Bonchev–Trinajstić information content (AvgIpc) is 2.61. The van der Waals surface area contributed by atoms with Gasteiger partial charge in [0.2, 0.25) is 0 Å². The Balaban J connectivity index is 2.52. The van der Waals surface area contributed by atoms with Crippen molar-refractivity contribution in [2.24, 2.45) is 0 Å². The molecule has 0 aliphatic heterocycles. The summed E-state index contributed by atoms with van der Waals surface area (Å²) < 4.78 is 0. The number of aliphatic hydroxyl groups excluding tert-OH is 1. The SMILES string of the molecule is CCC(C)(CO)NCc1sccc1N. The highest BCUT2D eigenvalue weighted by molar-refractivity contribution is 7.10. The van der Waals surface area contributed by atoms with Gasteiger partial charge < -0.3 is 16.2 Å². The molecule has 80 valence electrons. The molecule has 0 bridgehead atoms. The van der Waals surface area contributed by atoms with Gasteiger partial charge in [-0.15, -0.1) is 11.3 Å². The van der Waals surface area contributed by atoms with Gasteiger partial charge in [-0.25, -0.2) is 0 Å². The second-order valence-corrected chi connectivity index (χ2v) is 4.73. The van der Waals surface area contributed by atoms with E-state index >= 15 is 0 Å². The molecule has 4 heteroatoms. The van der Waals surface area contributed by atoms with Crippen LogP contribution >= 0.6 is 11.3 Å². The average molecular weight is 214 g/mol. The van der Waals surface area contributed by atoms with Crippen molar-refractivity contribution in [3.63, 3.8) is 0 Å². The van der Waals surface area contributed by atoms with Crippen LogP contribution < -0.4 is 11.1 Å². The Labute approximate surface area is 88.9 Å². The number of anilines is 1. The fourth-order valence-electron chi connectivity index (χ4n) is 1.08. The molecule has 0 saturated heterocycles. The van der Waals surface area contributed by atoms with E-state index in [0.717, 1.165) is 23.5 Å². The molecule has 1 aromatic heterocycles. The van der Waals surface area contributed by atoms with E-state index in [0.29, 0.717) is 0 Å². The number of aliphatic hydroxyl groups is 1. The number of nitrogens with one attached hydrogen (secondary N) is 1. The van der Waals surface area contributed by atoms with E-state index in [4.69, 9.17) is 5.73 Å². The van der Waals surface area contributed by atoms with E-state index < -0.39 is 0 Å². The monoisotopic (exact) mass is 214 g/mol. The molecule has 0 spiro atoms. The fourth-order valence-corrected chi connectivity index (χ4v) is 1.82. The minimum absolute atomic E-state index is 0.148. The first kappa shape index (κ1) is 11.5. The van der Waals surface area contributed by atoms with Gasteiger partial charge in [0, 0.05) is 22.6 Å². The molecule has 4 N–H and O–H groups in total. The molecule has 1 aromatic rings. The Hall–Kier alpha value is -0.580. The summed E-state index contributed by atoms with van der Waals surface area (Å²) in [5.74, 6) is 0. The van der Waals surface area contributed by atoms with Gasteiger partial charge in [-0.3, -0.25) is 0 Å². The van der Waals surface area contributed by atoms with E-state index in [-0.39, 0.29) is 12.1 Å². The maximum atomic E-state index is 9.19. The molecule has 3 nitrogen and oxygen atoms in total. The van der Waals surface area contributed by atoms with Gasteiger partial charge in [0.05, 0.1) is 6.61 Å². The zero-order valence-corrected chi connectivity index (χ0v) is 9.53. The first-order valence-electron chi connectivity index (χ1n) is 4.79. The van der Waals surface area contributed by atoms with E-state index in [1.807, 2.05) is 18.4 Å². The minimum atomic E-state index is -0.198. The highest BCUT2D eigenvalue weighted by atomic mass is 32.1. The quantitative estimate of drug-likeness (QED) is 0.697. The van der Waals surface area contributed by atoms with E-state index in [1.54, 1.807) is 11.3 Å². The third-order valence-corrected chi connectivity index (χ3v) is 3.52. The molecule has 0 radical (unpaired) electrons. The lowest BCUT2D eigenvalue weighted by Gasteiger charge is -2.27. The van der Waals surface area contributed by atoms with Crippen molar-refractivity contribution in [1.82, 2.24) is 5.32 Å². The van der Waals surface area contributed by atoms with Crippen molar-refractivity contribution < 1.29 is 5.11 Å². The second kappa shape index (κ2) is 4.77. The summed E-state index contributed by atoms with van der Waals surface area (Å²) in [7, 11) is 0.